The number of carbonyl (C=O) groups is 1. The molecule has 58 valence electrons. The Balaban J connectivity index is 0.00000121. The molecule has 0 spiro atoms. The summed E-state index contributed by atoms with van der Waals surface area (Å²) in [5, 5.41) is 13.2. The van der Waals surface area contributed by atoms with Crippen molar-refractivity contribution in [1.82, 2.24) is 0 Å². The predicted molar refractivity (Wildman–Crippen MR) is 40.3 cm³/mol. The van der Waals surface area contributed by atoms with Crippen molar-refractivity contribution in [2.24, 2.45) is 0 Å². The minimum absolute atomic E-state index is 0. The van der Waals surface area contributed by atoms with Crippen LogP contribution in [0.1, 0.15) is 10.4 Å². The molecule has 0 aliphatic heterocycles. The molecular formula is C8H8KNO2. The summed E-state index contributed by atoms with van der Waals surface area (Å²) in [6.45, 7) is 0. The summed E-state index contributed by atoms with van der Waals surface area (Å²) >= 11 is 0. The summed E-state index contributed by atoms with van der Waals surface area (Å²) in [5.41, 5.74) is 0.962. The van der Waals surface area contributed by atoms with Gasteiger partial charge in [-0.25, -0.2) is 0 Å². The number of benzene rings is 1. The van der Waals surface area contributed by atoms with Crippen molar-refractivity contribution in [3.63, 3.8) is 0 Å². The maximum atomic E-state index is 10.3. The number of rotatable bonds is 2. The Morgan fingerprint density at radius 1 is 1.50 bits per heavy atom. The number of carboxylic acid groups (broad SMARTS) is 1. The SMILES string of the molecule is CNc1cccc(C(=O)[O-])c1.[K+]. The molecule has 0 saturated carbocycles. The summed E-state index contributed by atoms with van der Waals surface area (Å²) in [5.74, 6) is -1.15. The predicted octanol–water partition coefficient (Wildman–Crippen LogP) is -2.90. The number of carboxylic acids is 1. The van der Waals surface area contributed by atoms with Gasteiger partial charge in [-0.2, -0.15) is 0 Å². The van der Waals surface area contributed by atoms with Gasteiger partial charge in [0.15, 0.2) is 0 Å². The number of carbonyl (C=O) groups excluding carboxylic acids is 1. The third kappa shape index (κ3) is 3.24. The van der Waals surface area contributed by atoms with Gasteiger partial charge in [0, 0.05) is 12.7 Å². The Hall–Kier alpha value is 0.126. The van der Waals surface area contributed by atoms with Crippen molar-refractivity contribution in [3.05, 3.63) is 29.8 Å². The molecule has 0 aliphatic carbocycles. The second-order valence-electron chi connectivity index (χ2n) is 2.12. The molecule has 0 heterocycles. The van der Waals surface area contributed by atoms with E-state index in [1.54, 1.807) is 19.2 Å². The normalized spacial score (nSPS) is 8.42. The molecule has 0 saturated heterocycles. The quantitative estimate of drug-likeness (QED) is 0.508. The number of nitrogens with one attached hydrogen (secondary N) is 1. The van der Waals surface area contributed by atoms with Crippen LogP contribution in [0.15, 0.2) is 24.3 Å². The summed E-state index contributed by atoms with van der Waals surface area (Å²) in [4.78, 5) is 10.3. The summed E-state index contributed by atoms with van der Waals surface area (Å²) in [6, 6.07) is 6.47. The number of hydrogen-bond donors (Lipinski definition) is 1. The largest absolute Gasteiger partial charge is 1.00 e. The molecule has 4 heteroatoms. The van der Waals surface area contributed by atoms with Crippen LogP contribution in [0.2, 0.25) is 0 Å². The van der Waals surface area contributed by atoms with Gasteiger partial charge in [0.25, 0.3) is 0 Å². The first-order valence-electron chi connectivity index (χ1n) is 3.23. The van der Waals surface area contributed by atoms with Gasteiger partial charge in [0.1, 0.15) is 0 Å². The zero-order chi connectivity index (χ0) is 8.27. The van der Waals surface area contributed by atoms with Crippen molar-refractivity contribution >= 4 is 11.7 Å². The number of hydrogen-bond acceptors (Lipinski definition) is 3. The van der Waals surface area contributed by atoms with Crippen LogP contribution >= 0.6 is 0 Å². The zero-order valence-corrected chi connectivity index (χ0v) is 10.2. The first-order valence-corrected chi connectivity index (χ1v) is 3.23. The molecule has 3 nitrogen and oxygen atoms in total. The van der Waals surface area contributed by atoms with Crippen molar-refractivity contribution in [2.75, 3.05) is 12.4 Å². The maximum absolute atomic E-state index is 10.3. The van der Waals surface area contributed by atoms with Crippen molar-refractivity contribution in [2.45, 2.75) is 0 Å². The number of aromatic carboxylic acids is 1. The van der Waals surface area contributed by atoms with E-state index in [1.807, 2.05) is 0 Å². The van der Waals surface area contributed by atoms with Gasteiger partial charge in [0.05, 0.1) is 5.97 Å². The fourth-order valence-corrected chi connectivity index (χ4v) is 0.802. The van der Waals surface area contributed by atoms with Crippen LogP contribution in [0.25, 0.3) is 0 Å². The van der Waals surface area contributed by atoms with Crippen LogP contribution in [0, 0.1) is 0 Å². The van der Waals surface area contributed by atoms with Crippen molar-refractivity contribution < 1.29 is 61.3 Å². The van der Waals surface area contributed by atoms with Gasteiger partial charge in [-0.1, -0.05) is 12.1 Å². The summed E-state index contributed by atoms with van der Waals surface area (Å²) in [6.07, 6.45) is 0. The first kappa shape index (κ1) is 12.1. The average Bonchev–Trinajstić information content (AvgIpc) is 2.05. The molecule has 0 fully saturated rings. The minimum Gasteiger partial charge on any atom is -0.545 e. The maximum Gasteiger partial charge on any atom is 1.00 e. The van der Waals surface area contributed by atoms with Gasteiger partial charge in [-0.05, 0) is 17.7 Å². The van der Waals surface area contributed by atoms with Crippen molar-refractivity contribution in [3.8, 4) is 0 Å². The van der Waals surface area contributed by atoms with E-state index in [9.17, 15) is 9.90 Å². The Morgan fingerprint density at radius 3 is 2.67 bits per heavy atom. The molecule has 12 heavy (non-hydrogen) atoms. The third-order valence-corrected chi connectivity index (χ3v) is 1.39. The van der Waals surface area contributed by atoms with E-state index < -0.39 is 5.97 Å². The van der Waals surface area contributed by atoms with Gasteiger partial charge >= 0.3 is 51.4 Å². The standard InChI is InChI=1S/C8H9NO2.K/c1-9-7-4-2-3-6(5-7)8(10)11;/h2-5,9H,1H3,(H,10,11);/q;+1/p-1. The summed E-state index contributed by atoms with van der Waals surface area (Å²) < 4.78 is 0. The van der Waals surface area contributed by atoms with E-state index in [1.165, 1.54) is 12.1 Å². The van der Waals surface area contributed by atoms with Crippen LogP contribution in [0.3, 0.4) is 0 Å². The monoisotopic (exact) mass is 189 g/mol. The topological polar surface area (TPSA) is 52.2 Å². The van der Waals surface area contributed by atoms with E-state index in [0.29, 0.717) is 0 Å². The molecule has 0 aliphatic rings. The molecule has 0 amide bonds. The Bertz CT molecular complexity index is 276. The second-order valence-corrected chi connectivity index (χ2v) is 2.12. The average molecular weight is 189 g/mol. The fraction of sp³-hybridized carbons (Fsp3) is 0.125. The molecule has 1 rings (SSSR count). The molecule has 0 atom stereocenters. The number of anilines is 1. The van der Waals surface area contributed by atoms with Gasteiger partial charge in [-0.3, -0.25) is 0 Å². The third-order valence-electron chi connectivity index (χ3n) is 1.39. The zero-order valence-electron chi connectivity index (χ0n) is 7.13. The molecule has 0 unspecified atom stereocenters. The van der Waals surface area contributed by atoms with E-state index in [0.717, 1.165) is 5.69 Å². The Kier molecular flexibility index (Phi) is 5.78. The van der Waals surface area contributed by atoms with E-state index in [-0.39, 0.29) is 56.9 Å². The van der Waals surface area contributed by atoms with Crippen LogP contribution in [0.4, 0.5) is 5.69 Å². The molecule has 0 aromatic heterocycles. The molecule has 1 aromatic rings. The van der Waals surface area contributed by atoms with E-state index in [4.69, 9.17) is 0 Å². The van der Waals surface area contributed by atoms with E-state index >= 15 is 0 Å². The molecule has 0 bridgehead atoms. The molecular weight excluding hydrogens is 181 g/mol. The van der Waals surface area contributed by atoms with Gasteiger partial charge in [0.2, 0.25) is 0 Å². The molecule has 1 N–H and O–H groups in total. The second kappa shape index (κ2) is 5.72. The Labute approximate surface area is 114 Å². The molecule has 1 aromatic carbocycles. The van der Waals surface area contributed by atoms with Crippen molar-refractivity contribution in [1.29, 1.82) is 0 Å². The Morgan fingerprint density at radius 2 is 2.17 bits per heavy atom. The van der Waals surface area contributed by atoms with Crippen LogP contribution in [0.5, 0.6) is 0 Å². The van der Waals surface area contributed by atoms with Crippen LogP contribution in [-0.2, 0) is 0 Å². The molecule has 0 radical (unpaired) electrons. The van der Waals surface area contributed by atoms with Gasteiger partial charge < -0.3 is 15.2 Å². The minimum atomic E-state index is -1.15. The smallest absolute Gasteiger partial charge is 0.545 e. The van der Waals surface area contributed by atoms with Crippen LogP contribution < -0.4 is 61.8 Å². The fourth-order valence-electron chi connectivity index (χ4n) is 0.802. The van der Waals surface area contributed by atoms with E-state index in [2.05, 4.69) is 5.32 Å². The van der Waals surface area contributed by atoms with Crippen LogP contribution in [-0.4, -0.2) is 13.0 Å². The first-order chi connectivity index (χ1) is 5.24. The summed E-state index contributed by atoms with van der Waals surface area (Å²) in [7, 11) is 1.73. The van der Waals surface area contributed by atoms with Gasteiger partial charge in [-0.15, -0.1) is 0 Å².